The molecule has 1 aromatic carbocycles. The molecule has 0 radical (unpaired) electrons. The number of nitrogens with zero attached hydrogens (tertiary/aromatic N) is 2. The van der Waals surface area contributed by atoms with Gasteiger partial charge in [0.05, 0.1) is 0 Å². The van der Waals surface area contributed by atoms with E-state index in [1.807, 2.05) is 4.90 Å². The lowest BCUT2D eigenvalue weighted by molar-refractivity contribution is -0.127. The number of hydrogen-bond donors (Lipinski definition) is 0. The van der Waals surface area contributed by atoms with E-state index in [9.17, 15) is 9.18 Å². The van der Waals surface area contributed by atoms with Crippen molar-refractivity contribution >= 4 is 12.0 Å². The van der Waals surface area contributed by atoms with Gasteiger partial charge in [-0.1, -0.05) is 12.1 Å². The van der Waals surface area contributed by atoms with E-state index in [0.29, 0.717) is 0 Å². The second kappa shape index (κ2) is 5.78. The van der Waals surface area contributed by atoms with Crippen LogP contribution in [-0.4, -0.2) is 48.9 Å². The van der Waals surface area contributed by atoms with Gasteiger partial charge < -0.3 is 9.80 Å². The van der Waals surface area contributed by atoms with Crippen LogP contribution < -0.4 is 0 Å². The zero-order chi connectivity index (χ0) is 13.0. The summed E-state index contributed by atoms with van der Waals surface area (Å²) in [7, 11) is 2.05. The topological polar surface area (TPSA) is 23.6 Å². The molecule has 1 saturated heterocycles. The molecular weight excluding hydrogens is 231 g/mol. The van der Waals surface area contributed by atoms with E-state index < -0.39 is 0 Å². The lowest BCUT2D eigenvalue weighted by Crippen LogP contribution is -2.46. The molecule has 1 aromatic rings. The highest BCUT2D eigenvalue weighted by atomic mass is 19.1. The van der Waals surface area contributed by atoms with Gasteiger partial charge in [-0.05, 0) is 30.8 Å². The molecule has 96 valence electrons. The first-order chi connectivity index (χ1) is 8.65. The number of likely N-dealkylation sites (N-methyl/N-ethyl adjacent to an activating group) is 1. The van der Waals surface area contributed by atoms with Gasteiger partial charge in [0.2, 0.25) is 5.91 Å². The lowest BCUT2D eigenvalue weighted by atomic mass is 10.2. The van der Waals surface area contributed by atoms with Crippen molar-refractivity contribution in [3.63, 3.8) is 0 Å². The van der Waals surface area contributed by atoms with Crippen molar-refractivity contribution in [3.8, 4) is 0 Å². The van der Waals surface area contributed by atoms with Crippen molar-refractivity contribution in [2.24, 2.45) is 0 Å². The first-order valence-corrected chi connectivity index (χ1v) is 6.06. The Morgan fingerprint density at radius 3 is 2.39 bits per heavy atom. The van der Waals surface area contributed by atoms with E-state index in [-0.39, 0.29) is 11.7 Å². The highest BCUT2D eigenvalue weighted by Crippen LogP contribution is 2.06. The van der Waals surface area contributed by atoms with Gasteiger partial charge in [-0.25, -0.2) is 4.39 Å². The first kappa shape index (κ1) is 12.8. The van der Waals surface area contributed by atoms with Crippen LogP contribution in [0.5, 0.6) is 0 Å². The van der Waals surface area contributed by atoms with Crippen LogP contribution in [0.25, 0.3) is 6.08 Å². The fraction of sp³-hybridized carbons (Fsp3) is 0.357. The lowest BCUT2D eigenvalue weighted by Gasteiger charge is -2.31. The molecule has 1 aliphatic heterocycles. The van der Waals surface area contributed by atoms with Crippen molar-refractivity contribution in [2.75, 3.05) is 33.2 Å². The molecule has 0 N–H and O–H groups in total. The van der Waals surface area contributed by atoms with Gasteiger partial charge in [0, 0.05) is 32.3 Å². The highest BCUT2D eigenvalue weighted by molar-refractivity contribution is 5.91. The van der Waals surface area contributed by atoms with Crippen molar-refractivity contribution in [2.45, 2.75) is 0 Å². The van der Waals surface area contributed by atoms with E-state index in [2.05, 4.69) is 11.9 Å². The zero-order valence-corrected chi connectivity index (χ0v) is 10.5. The average Bonchev–Trinajstić information content (AvgIpc) is 2.38. The molecular formula is C14H17FN2O. The van der Waals surface area contributed by atoms with Gasteiger partial charge in [0.1, 0.15) is 5.82 Å². The molecule has 0 aromatic heterocycles. The van der Waals surface area contributed by atoms with Crippen LogP contribution in [0.4, 0.5) is 4.39 Å². The van der Waals surface area contributed by atoms with Crippen LogP contribution >= 0.6 is 0 Å². The summed E-state index contributed by atoms with van der Waals surface area (Å²) in [4.78, 5) is 15.9. The summed E-state index contributed by atoms with van der Waals surface area (Å²) in [5.41, 5.74) is 0.832. The summed E-state index contributed by atoms with van der Waals surface area (Å²) in [6.45, 7) is 3.36. The van der Waals surface area contributed by atoms with Gasteiger partial charge in [-0.2, -0.15) is 0 Å². The standard InChI is InChI=1S/C14H17FN2O/c1-16-8-10-17(11-9-16)14(18)7-4-12-2-5-13(15)6-3-12/h2-7H,8-11H2,1H3/b7-4+. The Morgan fingerprint density at radius 2 is 1.78 bits per heavy atom. The van der Waals surface area contributed by atoms with E-state index in [1.54, 1.807) is 24.3 Å². The van der Waals surface area contributed by atoms with Crippen molar-refractivity contribution in [1.82, 2.24) is 9.80 Å². The first-order valence-electron chi connectivity index (χ1n) is 6.06. The molecule has 0 saturated carbocycles. The molecule has 18 heavy (non-hydrogen) atoms. The van der Waals surface area contributed by atoms with Crippen molar-refractivity contribution in [1.29, 1.82) is 0 Å². The Morgan fingerprint density at radius 1 is 1.17 bits per heavy atom. The normalized spacial score (nSPS) is 17.3. The van der Waals surface area contributed by atoms with Crippen LogP contribution in [0.2, 0.25) is 0 Å². The molecule has 2 rings (SSSR count). The molecule has 0 spiro atoms. The average molecular weight is 248 g/mol. The minimum atomic E-state index is -0.266. The smallest absolute Gasteiger partial charge is 0.246 e. The predicted octanol–water partition coefficient (Wildman–Crippen LogP) is 1.61. The number of hydrogen-bond acceptors (Lipinski definition) is 2. The maximum atomic E-state index is 12.7. The third-order valence-electron chi connectivity index (χ3n) is 3.10. The molecule has 0 unspecified atom stereocenters. The largest absolute Gasteiger partial charge is 0.337 e. The van der Waals surface area contributed by atoms with Crippen LogP contribution in [-0.2, 0) is 4.79 Å². The summed E-state index contributed by atoms with van der Waals surface area (Å²) in [5, 5.41) is 0. The summed E-state index contributed by atoms with van der Waals surface area (Å²) in [5.74, 6) is -0.245. The molecule has 1 heterocycles. The number of benzene rings is 1. The van der Waals surface area contributed by atoms with Crippen LogP contribution in [0, 0.1) is 5.82 Å². The Kier molecular flexibility index (Phi) is 4.10. The second-order valence-electron chi connectivity index (χ2n) is 4.51. The monoisotopic (exact) mass is 248 g/mol. The molecule has 0 aliphatic carbocycles. The van der Waals surface area contributed by atoms with Crippen molar-refractivity contribution < 1.29 is 9.18 Å². The SMILES string of the molecule is CN1CCN(C(=O)/C=C/c2ccc(F)cc2)CC1. The third kappa shape index (κ3) is 3.40. The zero-order valence-electron chi connectivity index (χ0n) is 10.5. The third-order valence-corrected chi connectivity index (χ3v) is 3.10. The predicted molar refractivity (Wildman–Crippen MR) is 69.5 cm³/mol. The van der Waals surface area contributed by atoms with Crippen molar-refractivity contribution in [3.05, 3.63) is 41.7 Å². The Balaban J connectivity index is 1.92. The molecule has 4 heteroatoms. The molecule has 0 bridgehead atoms. The van der Waals surface area contributed by atoms with Gasteiger partial charge >= 0.3 is 0 Å². The fourth-order valence-electron chi connectivity index (χ4n) is 1.87. The van der Waals surface area contributed by atoms with Gasteiger partial charge in [-0.3, -0.25) is 4.79 Å². The Labute approximate surface area is 107 Å². The van der Waals surface area contributed by atoms with E-state index in [4.69, 9.17) is 0 Å². The number of carbonyl (C=O) groups excluding carboxylic acids is 1. The van der Waals surface area contributed by atoms with Crippen LogP contribution in [0.3, 0.4) is 0 Å². The van der Waals surface area contributed by atoms with E-state index >= 15 is 0 Å². The maximum Gasteiger partial charge on any atom is 0.246 e. The minimum Gasteiger partial charge on any atom is -0.337 e. The molecule has 1 amide bonds. The summed E-state index contributed by atoms with van der Waals surface area (Å²) in [6, 6.07) is 6.09. The summed E-state index contributed by atoms with van der Waals surface area (Å²) in [6.07, 6.45) is 3.28. The molecule has 1 fully saturated rings. The van der Waals surface area contributed by atoms with Gasteiger partial charge in [0.15, 0.2) is 0 Å². The summed E-state index contributed by atoms with van der Waals surface area (Å²) >= 11 is 0. The van der Waals surface area contributed by atoms with Gasteiger partial charge in [0.25, 0.3) is 0 Å². The molecule has 0 atom stereocenters. The number of rotatable bonds is 2. The number of halogens is 1. The second-order valence-corrected chi connectivity index (χ2v) is 4.51. The summed E-state index contributed by atoms with van der Waals surface area (Å²) < 4.78 is 12.7. The van der Waals surface area contributed by atoms with Crippen LogP contribution in [0.1, 0.15) is 5.56 Å². The number of carbonyl (C=O) groups is 1. The highest BCUT2D eigenvalue weighted by Gasteiger charge is 2.16. The van der Waals surface area contributed by atoms with Gasteiger partial charge in [-0.15, -0.1) is 0 Å². The van der Waals surface area contributed by atoms with Crippen LogP contribution in [0.15, 0.2) is 30.3 Å². The van der Waals surface area contributed by atoms with E-state index in [1.165, 1.54) is 12.1 Å². The quantitative estimate of drug-likeness (QED) is 0.742. The molecule has 3 nitrogen and oxygen atoms in total. The maximum absolute atomic E-state index is 12.7. The minimum absolute atomic E-state index is 0.0208. The number of piperazine rings is 1. The number of amides is 1. The Bertz CT molecular complexity index is 434. The Hall–Kier alpha value is -1.68. The fourth-order valence-corrected chi connectivity index (χ4v) is 1.87. The van der Waals surface area contributed by atoms with E-state index in [0.717, 1.165) is 31.7 Å². The molecule has 1 aliphatic rings.